The summed E-state index contributed by atoms with van der Waals surface area (Å²) in [6.45, 7) is 5.87. The van der Waals surface area contributed by atoms with E-state index in [1.165, 1.54) is 6.92 Å². The number of methoxy groups -OCH3 is 1. The molecule has 0 heterocycles. The molecule has 1 aliphatic rings. The fraction of sp³-hybridized carbons (Fsp3) is 0.643. The zero-order valence-electron chi connectivity index (χ0n) is 11.6. The van der Waals surface area contributed by atoms with Gasteiger partial charge < -0.3 is 4.74 Å². The van der Waals surface area contributed by atoms with Gasteiger partial charge in [0.1, 0.15) is 11.7 Å². The zero-order chi connectivity index (χ0) is 13.8. The maximum absolute atomic E-state index is 11.9. The fourth-order valence-electron chi connectivity index (χ4n) is 2.48. The smallest absolute Gasteiger partial charge is 0.222 e. The number of ether oxygens (including phenoxy) is 1. The number of nitrogens with zero attached hydrogens (tertiary/aromatic N) is 1. The van der Waals surface area contributed by atoms with Crippen LogP contribution in [0.15, 0.2) is 23.8 Å². The Morgan fingerprint density at radius 2 is 2.22 bits per heavy atom. The van der Waals surface area contributed by atoms with Crippen molar-refractivity contribution in [1.29, 1.82) is 0 Å². The standard InChI is InChI=1S/C14H22ClNO2/c1-5-12-8-7-9-13(6-2)14(12,15)16(10-18-4)11(3)17/h7-9,12H,5-6,10H2,1-4H3/t12?,14-/m0/s1. The minimum absolute atomic E-state index is 0.0695. The molecule has 0 aliphatic heterocycles. The molecule has 2 atom stereocenters. The van der Waals surface area contributed by atoms with Gasteiger partial charge in [0.05, 0.1) is 0 Å². The van der Waals surface area contributed by atoms with Crippen molar-refractivity contribution >= 4 is 17.5 Å². The molecule has 0 bridgehead atoms. The van der Waals surface area contributed by atoms with E-state index >= 15 is 0 Å². The van der Waals surface area contributed by atoms with Crippen LogP contribution in [0.3, 0.4) is 0 Å². The van der Waals surface area contributed by atoms with Gasteiger partial charge in [-0.05, 0) is 18.4 Å². The highest BCUT2D eigenvalue weighted by molar-refractivity contribution is 6.27. The molecule has 18 heavy (non-hydrogen) atoms. The van der Waals surface area contributed by atoms with Gasteiger partial charge in [0.15, 0.2) is 0 Å². The first-order valence-electron chi connectivity index (χ1n) is 6.36. The zero-order valence-corrected chi connectivity index (χ0v) is 12.3. The van der Waals surface area contributed by atoms with Crippen LogP contribution in [-0.2, 0) is 9.53 Å². The Morgan fingerprint density at radius 1 is 1.56 bits per heavy atom. The number of hydrogen-bond donors (Lipinski definition) is 0. The summed E-state index contributed by atoms with van der Waals surface area (Å²) in [6.07, 6.45) is 7.80. The van der Waals surface area contributed by atoms with Crippen LogP contribution in [-0.4, -0.2) is 29.6 Å². The van der Waals surface area contributed by atoms with Crippen LogP contribution in [0.5, 0.6) is 0 Å². The highest BCUT2D eigenvalue weighted by Crippen LogP contribution is 2.43. The summed E-state index contributed by atoms with van der Waals surface area (Å²) in [4.78, 5) is 12.7. The topological polar surface area (TPSA) is 29.5 Å². The molecule has 0 fully saturated rings. The Labute approximate surface area is 114 Å². The second kappa shape index (κ2) is 6.39. The summed E-state index contributed by atoms with van der Waals surface area (Å²) < 4.78 is 5.14. The SMILES string of the molecule is CCC1=CC=CC(CC)[C@]1(Cl)N(COC)C(C)=O. The molecule has 0 aromatic heterocycles. The van der Waals surface area contributed by atoms with Crippen molar-refractivity contribution in [2.45, 2.75) is 38.6 Å². The van der Waals surface area contributed by atoms with Gasteiger partial charge in [-0.2, -0.15) is 0 Å². The van der Waals surface area contributed by atoms with E-state index in [-0.39, 0.29) is 18.6 Å². The van der Waals surface area contributed by atoms with E-state index in [4.69, 9.17) is 16.3 Å². The summed E-state index contributed by atoms with van der Waals surface area (Å²) in [5.41, 5.74) is 1.06. The van der Waals surface area contributed by atoms with Gasteiger partial charge in [-0.25, -0.2) is 0 Å². The van der Waals surface area contributed by atoms with Crippen molar-refractivity contribution in [3.8, 4) is 0 Å². The monoisotopic (exact) mass is 271 g/mol. The number of rotatable bonds is 5. The van der Waals surface area contributed by atoms with Crippen LogP contribution in [0, 0.1) is 5.92 Å². The highest BCUT2D eigenvalue weighted by Gasteiger charge is 2.45. The molecule has 0 radical (unpaired) electrons. The maximum Gasteiger partial charge on any atom is 0.222 e. The molecule has 1 aliphatic carbocycles. The predicted octanol–water partition coefficient (Wildman–Crippen LogP) is 3.31. The molecule has 1 unspecified atom stereocenters. The Morgan fingerprint density at radius 3 is 2.67 bits per heavy atom. The molecule has 0 aromatic carbocycles. The molecule has 102 valence electrons. The van der Waals surface area contributed by atoms with Crippen molar-refractivity contribution in [1.82, 2.24) is 4.90 Å². The second-order valence-electron chi connectivity index (χ2n) is 4.48. The van der Waals surface area contributed by atoms with Crippen molar-refractivity contribution in [2.75, 3.05) is 13.8 Å². The first kappa shape index (κ1) is 15.3. The lowest BCUT2D eigenvalue weighted by atomic mass is 9.83. The van der Waals surface area contributed by atoms with Gasteiger partial charge in [-0.1, -0.05) is 43.7 Å². The molecule has 0 saturated heterocycles. The van der Waals surface area contributed by atoms with Crippen molar-refractivity contribution in [3.63, 3.8) is 0 Å². The molecule has 3 nitrogen and oxygen atoms in total. The molecule has 0 saturated carbocycles. The molecule has 0 spiro atoms. The quantitative estimate of drug-likeness (QED) is 0.436. The van der Waals surface area contributed by atoms with E-state index in [0.717, 1.165) is 18.4 Å². The molecule has 0 N–H and O–H groups in total. The highest BCUT2D eigenvalue weighted by atomic mass is 35.5. The molecule has 1 amide bonds. The number of alkyl halides is 1. The second-order valence-corrected chi connectivity index (χ2v) is 5.06. The third-order valence-corrected chi connectivity index (χ3v) is 4.16. The van der Waals surface area contributed by atoms with E-state index in [0.29, 0.717) is 0 Å². The number of hydrogen-bond acceptors (Lipinski definition) is 2. The van der Waals surface area contributed by atoms with E-state index < -0.39 is 5.00 Å². The first-order valence-corrected chi connectivity index (χ1v) is 6.73. The van der Waals surface area contributed by atoms with Gasteiger partial charge in [-0.15, -0.1) is 0 Å². The van der Waals surface area contributed by atoms with Gasteiger partial charge in [0.25, 0.3) is 0 Å². The Balaban J connectivity index is 3.20. The van der Waals surface area contributed by atoms with Crippen LogP contribution in [0.4, 0.5) is 0 Å². The maximum atomic E-state index is 11.9. The van der Waals surface area contributed by atoms with Gasteiger partial charge >= 0.3 is 0 Å². The average molecular weight is 272 g/mol. The average Bonchev–Trinajstić information content (AvgIpc) is 2.35. The third kappa shape index (κ3) is 2.62. The lowest BCUT2D eigenvalue weighted by Crippen LogP contribution is -2.54. The van der Waals surface area contributed by atoms with Crippen molar-refractivity contribution < 1.29 is 9.53 Å². The summed E-state index contributed by atoms with van der Waals surface area (Å²) in [6, 6.07) is 0. The fourth-order valence-corrected chi connectivity index (χ4v) is 3.07. The van der Waals surface area contributed by atoms with Gasteiger partial charge in [0.2, 0.25) is 5.91 Å². The van der Waals surface area contributed by atoms with Crippen LogP contribution < -0.4 is 0 Å². The Bertz CT molecular complexity index is 365. The van der Waals surface area contributed by atoms with Crippen molar-refractivity contribution in [2.24, 2.45) is 5.92 Å². The normalized spacial score (nSPS) is 26.9. The molecule has 4 heteroatoms. The molecule has 0 aromatic rings. The van der Waals surface area contributed by atoms with Crippen LogP contribution in [0.2, 0.25) is 0 Å². The lowest BCUT2D eigenvalue weighted by Gasteiger charge is -2.45. The van der Waals surface area contributed by atoms with Gasteiger partial charge in [-0.3, -0.25) is 9.69 Å². The molecular weight excluding hydrogens is 250 g/mol. The summed E-state index contributed by atoms with van der Waals surface area (Å²) >= 11 is 6.85. The van der Waals surface area contributed by atoms with E-state index in [9.17, 15) is 4.79 Å². The number of carbonyl (C=O) groups is 1. The largest absolute Gasteiger partial charge is 0.364 e. The molecular formula is C14H22ClNO2. The number of amides is 1. The number of carbonyl (C=O) groups excluding carboxylic acids is 1. The van der Waals surface area contributed by atoms with Crippen LogP contribution >= 0.6 is 11.6 Å². The summed E-state index contributed by atoms with van der Waals surface area (Å²) in [7, 11) is 1.57. The number of allylic oxidation sites excluding steroid dienone is 2. The minimum Gasteiger partial charge on any atom is -0.364 e. The van der Waals surface area contributed by atoms with Gasteiger partial charge in [0, 0.05) is 20.0 Å². The van der Waals surface area contributed by atoms with Crippen LogP contribution in [0.25, 0.3) is 0 Å². The Hall–Kier alpha value is -0.800. The predicted molar refractivity (Wildman–Crippen MR) is 74.3 cm³/mol. The number of halogens is 1. The van der Waals surface area contributed by atoms with E-state index in [2.05, 4.69) is 19.9 Å². The van der Waals surface area contributed by atoms with Crippen molar-refractivity contribution in [3.05, 3.63) is 23.8 Å². The lowest BCUT2D eigenvalue weighted by molar-refractivity contribution is -0.138. The first-order chi connectivity index (χ1) is 8.52. The van der Waals surface area contributed by atoms with E-state index in [1.807, 2.05) is 12.2 Å². The summed E-state index contributed by atoms with van der Waals surface area (Å²) in [5.74, 6) is 0.0399. The summed E-state index contributed by atoms with van der Waals surface area (Å²) in [5, 5.41) is 0. The van der Waals surface area contributed by atoms with E-state index in [1.54, 1.807) is 12.0 Å². The Kier molecular flexibility index (Phi) is 5.42. The molecule has 1 rings (SSSR count). The minimum atomic E-state index is -0.792. The third-order valence-electron chi connectivity index (χ3n) is 3.43. The van der Waals surface area contributed by atoms with Crippen LogP contribution in [0.1, 0.15) is 33.6 Å².